The third-order valence-electron chi connectivity index (χ3n) is 5.06. The first-order valence-electron chi connectivity index (χ1n) is 10.5. The lowest BCUT2D eigenvalue weighted by atomic mass is 9.98. The lowest BCUT2D eigenvalue weighted by Crippen LogP contribution is -2.60. The van der Waals surface area contributed by atoms with Crippen LogP contribution in [0.2, 0.25) is 0 Å². The van der Waals surface area contributed by atoms with E-state index in [1.807, 2.05) is 32.9 Å². The van der Waals surface area contributed by atoms with Gasteiger partial charge in [-0.05, 0) is 47.0 Å². The molecule has 0 radical (unpaired) electrons. The second kappa shape index (κ2) is 12.5. The zero-order valence-corrected chi connectivity index (χ0v) is 19.2. The molecule has 1 aliphatic rings. The van der Waals surface area contributed by atoms with E-state index in [2.05, 4.69) is 6.58 Å². The van der Waals surface area contributed by atoms with Crippen LogP contribution >= 0.6 is 0 Å². The second-order valence-electron chi connectivity index (χ2n) is 8.55. The number of carbonyl (C=O) groups excluding carboxylic acids is 1. The molecule has 0 unspecified atom stereocenters. The summed E-state index contributed by atoms with van der Waals surface area (Å²) in [4.78, 5) is 11.5. The molecule has 31 heavy (non-hydrogen) atoms. The van der Waals surface area contributed by atoms with Crippen LogP contribution in [0.4, 0.5) is 0 Å². The molecule has 1 rings (SSSR count). The molecular formula is C23H38O8. The van der Waals surface area contributed by atoms with Gasteiger partial charge in [0.05, 0.1) is 18.3 Å². The van der Waals surface area contributed by atoms with Crippen LogP contribution in [0.3, 0.4) is 0 Å². The maximum Gasteiger partial charge on any atom is 0.303 e. The third kappa shape index (κ3) is 9.22. The fourth-order valence-electron chi connectivity index (χ4n) is 3.29. The third-order valence-corrected chi connectivity index (χ3v) is 5.06. The number of allylic oxidation sites excluding steroid dienone is 2. The Kier molecular flexibility index (Phi) is 11.1. The van der Waals surface area contributed by atoms with Gasteiger partial charge in [0.2, 0.25) is 0 Å². The minimum atomic E-state index is -1.47. The Morgan fingerprint density at radius 2 is 1.87 bits per heavy atom. The predicted molar refractivity (Wildman–Crippen MR) is 116 cm³/mol. The molecule has 178 valence electrons. The van der Waals surface area contributed by atoms with Gasteiger partial charge < -0.3 is 34.6 Å². The van der Waals surface area contributed by atoms with Gasteiger partial charge in [0.1, 0.15) is 18.3 Å². The van der Waals surface area contributed by atoms with Crippen LogP contribution in [0.25, 0.3) is 0 Å². The van der Waals surface area contributed by atoms with Crippen LogP contribution in [0.5, 0.6) is 0 Å². The van der Waals surface area contributed by atoms with E-state index < -0.39 is 55.0 Å². The van der Waals surface area contributed by atoms with Gasteiger partial charge in [-0.25, -0.2) is 0 Å². The minimum Gasteiger partial charge on any atom is -0.454 e. The van der Waals surface area contributed by atoms with Crippen molar-refractivity contribution in [3.63, 3.8) is 0 Å². The lowest BCUT2D eigenvalue weighted by Gasteiger charge is -2.42. The van der Waals surface area contributed by atoms with Gasteiger partial charge in [-0.15, -0.1) is 6.58 Å². The Hall–Kier alpha value is -1.55. The second-order valence-corrected chi connectivity index (χ2v) is 8.55. The molecule has 0 aliphatic carbocycles. The zero-order chi connectivity index (χ0) is 23.8. The molecule has 8 nitrogen and oxygen atoms in total. The van der Waals surface area contributed by atoms with Crippen LogP contribution in [0, 0.1) is 0 Å². The summed E-state index contributed by atoms with van der Waals surface area (Å²) in [6.45, 7) is 11.8. The highest BCUT2D eigenvalue weighted by atomic mass is 16.7. The number of carbonyl (C=O) groups is 1. The van der Waals surface area contributed by atoms with E-state index in [0.717, 1.165) is 11.1 Å². The maximum atomic E-state index is 11.5. The topological polar surface area (TPSA) is 126 Å². The van der Waals surface area contributed by atoms with E-state index in [9.17, 15) is 25.2 Å². The summed E-state index contributed by atoms with van der Waals surface area (Å²) in [5.41, 5.74) is 1.07. The Morgan fingerprint density at radius 1 is 1.23 bits per heavy atom. The number of hydrogen-bond donors (Lipinski definition) is 4. The van der Waals surface area contributed by atoms with Gasteiger partial charge in [-0.3, -0.25) is 4.79 Å². The van der Waals surface area contributed by atoms with Crippen molar-refractivity contribution in [3.8, 4) is 0 Å². The number of rotatable bonds is 11. The molecule has 1 fully saturated rings. The molecule has 8 heteroatoms. The molecule has 0 bridgehead atoms. The molecule has 0 aromatic carbocycles. The predicted octanol–water partition coefficient (Wildman–Crippen LogP) is 1.76. The minimum absolute atomic E-state index is 0.467. The molecule has 1 aliphatic heterocycles. The van der Waals surface area contributed by atoms with Crippen LogP contribution < -0.4 is 0 Å². The lowest BCUT2D eigenvalue weighted by molar-refractivity contribution is -0.310. The summed E-state index contributed by atoms with van der Waals surface area (Å²) >= 11 is 0. The van der Waals surface area contributed by atoms with Crippen molar-refractivity contribution < 1.29 is 39.4 Å². The molecule has 7 atom stereocenters. The number of hydrogen-bond acceptors (Lipinski definition) is 8. The standard InChI is InChI=1S/C23H38O8/c1-7-23(6,28)10-8-9-15(4)12-17(11-14(2)3)30-22-21(29-16(5)25)20(27)19(26)18(13-24)31-22/h7,9,11,17-22,24,26-28H,1,8,10,12-13H2,2-6H3/b15-9+/t17-,18+,19-,20+,21+,22-,23+/m1/s1. The quantitative estimate of drug-likeness (QED) is 0.282. The Morgan fingerprint density at radius 3 is 2.39 bits per heavy atom. The van der Waals surface area contributed by atoms with Crippen LogP contribution in [0.1, 0.15) is 53.9 Å². The molecule has 1 heterocycles. The summed E-state index contributed by atoms with van der Waals surface area (Å²) in [5, 5.41) is 40.0. The number of ether oxygens (including phenoxy) is 3. The Bertz CT molecular complexity index is 650. The van der Waals surface area contributed by atoms with Crippen molar-refractivity contribution in [1.29, 1.82) is 0 Å². The molecule has 0 aromatic heterocycles. The van der Waals surface area contributed by atoms with Crippen molar-refractivity contribution in [1.82, 2.24) is 0 Å². The first kappa shape index (κ1) is 27.5. The largest absolute Gasteiger partial charge is 0.454 e. The molecule has 0 amide bonds. The van der Waals surface area contributed by atoms with Crippen molar-refractivity contribution in [2.45, 2.75) is 96.3 Å². The van der Waals surface area contributed by atoms with E-state index in [1.54, 1.807) is 6.92 Å². The summed E-state index contributed by atoms with van der Waals surface area (Å²) in [5.74, 6) is -0.653. The number of aliphatic hydroxyl groups excluding tert-OH is 3. The van der Waals surface area contributed by atoms with Crippen LogP contribution in [0.15, 0.2) is 36.0 Å². The summed E-state index contributed by atoms with van der Waals surface area (Å²) < 4.78 is 16.8. The average Bonchev–Trinajstić information content (AvgIpc) is 2.66. The van der Waals surface area contributed by atoms with Gasteiger partial charge in [-0.1, -0.05) is 29.4 Å². The Labute approximate surface area is 184 Å². The molecule has 0 saturated carbocycles. The maximum absolute atomic E-state index is 11.5. The fraction of sp³-hybridized carbons (Fsp3) is 0.696. The molecule has 0 aromatic rings. The molecule has 0 spiro atoms. The van der Waals surface area contributed by atoms with Crippen LogP contribution in [-0.4, -0.2) is 75.4 Å². The van der Waals surface area contributed by atoms with Gasteiger partial charge >= 0.3 is 5.97 Å². The highest BCUT2D eigenvalue weighted by molar-refractivity contribution is 5.66. The van der Waals surface area contributed by atoms with E-state index in [4.69, 9.17) is 14.2 Å². The van der Waals surface area contributed by atoms with E-state index in [-0.39, 0.29) is 0 Å². The smallest absolute Gasteiger partial charge is 0.303 e. The zero-order valence-electron chi connectivity index (χ0n) is 19.2. The van der Waals surface area contributed by atoms with Crippen molar-refractivity contribution >= 4 is 5.97 Å². The first-order valence-corrected chi connectivity index (χ1v) is 10.5. The van der Waals surface area contributed by atoms with E-state index >= 15 is 0 Å². The highest BCUT2D eigenvalue weighted by Crippen LogP contribution is 2.27. The number of esters is 1. The van der Waals surface area contributed by atoms with Crippen molar-refractivity contribution in [3.05, 3.63) is 36.0 Å². The summed E-state index contributed by atoms with van der Waals surface area (Å²) in [6.07, 6.45) is 0.247. The normalized spacial score (nSPS) is 29.6. The van der Waals surface area contributed by atoms with Crippen molar-refractivity contribution in [2.75, 3.05) is 6.61 Å². The molecule has 4 N–H and O–H groups in total. The first-order chi connectivity index (χ1) is 14.4. The van der Waals surface area contributed by atoms with Crippen LogP contribution in [-0.2, 0) is 19.0 Å². The fourth-order valence-corrected chi connectivity index (χ4v) is 3.29. The Balaban J connectivity index is 2.97. The SMILES string of the molecule is C=C[C@](C)(O)CC/C=C(\C)C[C@@H](C=C(C)C)O[C@@H]1O[C@@H](CO)[C@@H](O)[C@H](O)[C@@H]1OC(C)=O. The van der Waals surface area contributed by atoms with E-state index in [1.165, 1.54) is 13.0 Å². The highest BCUT2D eigenvalue weighted by Gasteiger charge is 2.47. The van der Waals surface area contributed by atoms with Crippen molar-refractivity contribution in [2.24, 2.45) is 0 Å². The molecular weight excluding hydrogens is 404 g/mol. The molecule has 1 saturated heterocycles. The monoisotopic (exact) mass is 442 g/mol. The van der Waals surface area contributed by atoms with Gasteiger partial charge in [0.15, 0.2) is 12.4 Å². The van der Waals surface area contributed by atoms with E-state index in [0.29, 0.717) is 19.3 Å². The van der Waals surface area contributed by atoms with Gasteiger partial charge in [-0.2, -0.15) is 0 Å². The average molecular weight is 443 g/mol. The summed E-state index contributed by atoms with van der Waals surface area (Å²) in [7, 11) is 0. The van der Waals surface area contributed by atoms with Gasteiger partial charge in [0, 0.05) is 6.92 Å². The summed E-state index contributed by atoms with van der Waals surface area (Å²) in [6, 6.07) is 0. The number of aliphatic hydroxyl groups is 4. The van der Waals surface area contributed by atoms with Gasteiger partial charge in [0.25, 0.3) is 0 Å².